The second kappa shape index (κ2) is 41.4. The van der Waals surface area contributed by atoms with Gasteiger partial charge in [-0.2, -0.15) is 0 Å². The zero-order valence-corrected chi connectivity index (χ0v) is 48.1. The van der Waals surface area contributed by atoms with Crippen LogP contribution in [0.15, 0.2) is 24.3 Å². The summed E-state index contributed by atoms with van der Waals surface area (Å²) in [6, 6.07) is 6.63. The summed E-state index contributed by atoms with van der Waals surface area (Å²) < 4.78 is 33.5. The van der Waals surface area contributed by atoms with Crippen molar-refractivity contribution in [3.63, 3.8) is 0 Å². The molecule has 7 heteroatoms. The molecule has 6 rings (SSSR count). The first-order valence-corrected chi connectivity index (χ1v) is 28.6. The molecular weight excluding hydrogens is 848 g/mol. The molecule has 3 saturated heterocycles. The number of methoxy groups -OCH3 is 1. The van der Waals surface area contributed by atoms with Crippen LogP contribution in [0.3, 0.4) is 0 Å². The first-order chi connectivity index (χ1) is 32.2. The predicted molar refractivity (Wildman–Crippen MR) is 291 cm³/mol. The summed E-state index contributed by atoms with van der Waals surface area (Å²) >= 11 is 0. The van der Waals surface area contributed by atoms with Crippen LogP contribution in [0, 0.1) is 76.8 Å². The van der Waals surface area contributed by atoms with Crippen LogP contribution in [0.5, 0.6) is 0 Å². The molecule has 5 aliphatic rings. The van der Waals surface area contributed by atoms with Crippen LogP contribution in [-0.4, -0.2) is 64.2 Å². The molecule has 2 aliphatic carbocycles. The van der Waals surface area contributed by atoms with Crippen LogP contribution in [0.2, 0.25) is 0 Å². The van der Waals surface area contributed by atoms with E-state index < -0.39 is 0 Å². The van der Waals surface area contributed by atoms with E-state index in [1.54, 1.807) is 0 Å². The van der Waals surface area contributed by atoms with Gasteiger partial charge in [-0.15, -0.1) is 0 Å². The van der Waals surface area contributed by atoms with E-state index in [0.29, 0.717) is 12.0 Å². The minimum Gasteiger partial charge on any atom is -0.381 e. The Balaban J connectivity index is 0.000000773. The molecule has 0 bridgehead atoms. The van der Waals surface area contributed by atoms with Crippen molar-refractivity contribution in [2.75, 3.05) is 46.8 Å². The third-order valence-electron chi connectivity index (χ3n) is 15.7. The fourth-order valence-corrected chi connectivity index (χ4v) is 9.58. The highest BCUT2D eigenvalue weighted by atomic mass is 19.1. The van der Waals surface area contributed by atoms with Gasteiger partial charge in [0.25, 0.3) is 0 Å². The molecule has 1 aromatic carbocycles. The van der Waals surface area contributed by atoms with Gasteiger partial charge in [0.15, 0.2) is 0 Å². The second-order valence-electron chi connectivity index (χ2n) is 23.8. The van der Waals surface area contributed by atoms with E-state index in [1.165, 1.54) is 114 Å². The summed E-state index contributed by atoms with van der Waals surface area (Å²) in [5.41, 5.74) is 1.18. The fraction of sp³-hybridized carbons (Fsp3) is 0.902. The zero-order chi connectivity index (χ0) is 51.4. The molecule has 0 aromatic heterocycles. The molecule has 404 valence electrons. The van der Waals surface area contributed by atoms with Crippen LogP contribution < -0.4 is 0 Å². The van der Waals surface area contributed by atoms with Crippen LogP contribution in [0.25, 0.3) is 0 Å². The Morgan fingerprint density at radius 2 is 0.971 bits per heavy atom. The topological polar surface area (TPSA) is 66.4 Å². The average Bonchev–Trinajstić information content (AvgIpc) is 3.86. The Labute approximate surface area is 423 Å². The van der Waals surface area contributed by atoms with Gasteiger partial charge in [-0.1, -0.05) is 136 Å². The molecule has 3 heterocycles. The molecule has 6 nitrogen and oxygen atoms in total. The summed E-state index contributed by atoms with van der Waals surface area (Å²) in [4.78, 5) is 4.32. The molecule has 3 aliphatic heterocycles. The summed E-state index contributed by atoms with van der Waals surface area (Å²) in [5.74, 6) is 10.9. The van der Waals surface area contributed by atoms with Gasteiger partial charge < -0.3 is 18.9 Å². The van der Waals surface area contributed by atoms with Crippen molar-refractivity contribution in [3.05, 3.63) is 35.6 Å². The molecule has 2 atom stereocenters. The monoisotopic (exact) mass is 965 g/mol. The van der Waals surface area contributed by atoms with Gasteiger partial charge in [0.1, 0.15) is 5.82 Å². The largest absolute Gasteiger partial charge is 0.381 e. The molecule has 5 fully saturated rings. The van der Waals surface area contributed by atoms with Crippen molar-refractivity contribution in [2.45, 2.75) is 238 Å². The number of rotatable bonds is 13. The quantitative estimate of drug-likeness (QED) is 0.157. The Bertz CT molecular complexity index is 1170. The Morgan fingerprint density at radius 1 is 0.544 bits per heavy atom. The SMILES string of the molecule is CC(C)C1CCC(OO)CC1.CC(C)C1CCOCC1.CC(C)CC1CCOCC1.CC(C)CC[C@@H]1CCOC1.CC(C)c1ccc(F)cc1.CC[C@H](C)C(C)C.COC1CCC(C(C)C)CC1. The van der Waals surface area contributed by atoms with Gasteiger partial charge in [-0.25, -0.2) is 9.28 Å². The van der Waals surface area contributed by atoms with Gasteiger partial charge in [0.05, 0.1) is 12.2 Å². The molecule has 0 amide bonds. The summed E-state index contributed by atoms with van der Waals surface area (Å²) in [7, 11) is 1.83. The minimum atomic E-state index is -0.163. The van der Waals surface area contributed by atoms with E-state index in [4.69, 9.17) is 24.2 Å². The van der Waals surface area contributed by atoms with E-state index in [2.05, 4.69) is 116 Å². The number of hydrogen-bond acceptors (Lipinski definition) is 6. The van der Waals surface area contributed by atoms with Gasteiger partial charge in [-0.3, -0.25) is 5.26 Å². The predicted octanol–water partition coefficient (Wildman–Crippen LogP) is 18.2. The zero-order valence-electron chi connectivity index (χ0n) is 48.1. The van der Waals surface area contributed by atoms with E-state index in [0.717, 1.165) is 123 Å². The second-order valence-corrected chi connectivity index (χ2v) is 23.8. The Hall–Kier alpha value is -1.09. The lowest BCUT2D eigenvalue weighted by atomic mass is 9.80. The number of halogens is 1. The van der Waals surface area contributed by atoms with E-state index in [-0.39, 0.29) is 11.9 Å². The van der Waals surface area contributed by atoms with Crippen LogP contribution in [0.4, 0.5) is 4.39 Å². The Kier molecular flexibility index (Phi) is 40.7. The lowest BCUT2D eigenvalue weighted by Gasteiger charge is -2.29. The van der Waals surface area contributed by atoms with Gasteiger partial charge in [0, 0.05) is 46.8 Å². The van der Waals surface area contributed by atoms with E-state index in [1.807, 2.05) is 19.2 Å². The molecule has 2 saturated carbocycles. The van der Waals surface area contributed by atoms with E-state index in [9.17, 15) is 4.39 Å². The molecule has 0 radical (unpaired) electrons. The summed E-state index contributed by atoms with van der Waals surface area (Å²) in [6.45, 7) is 42.2. The number of ether oxygens (including phenoxy) is 4. The third-order valence-corrected chi connectivity index (χ3v) is 15.7. The van der Waals surface area contributed by atoms with Crippen LogP contribution >= 0.6 is 0 Å². The lowest BCUT2D eigenvalue weighted by Crippen LogP contribution is -2.23. The highest BCUT2D eigenvalue weighted by molar-refractivity contribution is 5.18. The first-order valence-electron chi connectivity index (χ1n) is 28.6. The van der Waals surface area contributed by atoms with Crippen molar-refractivity contribution >= 4 is 0 Å². The maximum absolute atomic E-state index is 12.4. The van der Waals surface area contributed by atoms with Gasteiger partial charge in [-0.05, 0) is 191 Å². The normalized spacial score (nSPS) is 23.8. The maximum Gasteiger partial charge on any atom is 0.123 e. The number of hydrogen-bond donors (Lipinski definition) is 1. The van der Waals surface area contributed by atoms with Crippen molar-refractivity contribution in [2.24, 2.45) is 71.0 Å². The van der Waals surface area contributed by atoms with Gasteiger partial charge in [0.2, 0.25) is 0 Å². The smallest absolute Gasteiger partial charge is 0.123 e. The molecule has 0 spiro atoms. The van der Waals surface area contributed by atoms with Gasteiger partial charge >= 0.3 is 0 Å². The van der Waals surface area contributed by atoms with Crippen molar-refractivity contribution < 1.29 is 33.5 Å². The molecule has 0 unspecified atom stereocenters. The standard InChI is InChI=1S/C10H20O.C9H11F.C9H18O2.2C9H18O.C8H16O.C7H16/c1-8(2)9-4-6-10(11-3)7-5-9;1-7(2)8-3-5-9(10)6-4-8;1-7(2)8-3-5-9(11-10)6-4-8;1-8(2)7-9-3-5-10-6-4-9;1-8(2)3-4-9-5-6-10-7-9;1-7(2)8-3-5-9-6-4-8;1-5-7(4)6(2)3/h8-10H,4-7H2,1-3H3;3-7H,1-2H3;7-10H,3-6H2,1-2H3;2*8-9H,3-7H2,1-2H3;7-8H,3-6H2,1-2H3;6-7H,5H2,1-4H3/t;;;;9-;;7-/m....1.0/s1. The van der Waals surface area contributed by atoms with Crippen molar-refractivity contribution in [1.29, 1.82) is 0 Å². The molecule has 1 N–H and O–H groups in total. The molecule has 68 heavy (non-hydrogen) atoms. The number of benzene rings is 1. The van der Waals surface area contributed by atoms with Crippen molar-refractivity contribution in [1.82, 2.24) is 0 Å². The summed E-state index contributed by atoms with van der Waals surface area (Å²) in [5, 5.41) is 8.42. The highest BCUT2D eigenvalue weighted by Gasteiger charge is 2.24. The van der Waals surface area contributed by atoms with Crippen LogP contribution in [-0.2, 0) is 23.8 Å². The minimum absolute atomic E-state index is 0.116. The highest BCUT2D eigenvalue weighted by Crippen LogP contribution is 2.32. The first kappa shape index (κ1) is 66.9. The average molecular weight is 966 g/mol. The maximum atomic E-state index is 12.4. The molecule has 1 aromatic rings. The lowest BCUT2D eigenvalue weighted by molar-refractivity contribution is -0.285. The fourth-order valence-electron chi connectivity index (χ4n) is 9.58. The van der Waals surface area contributed by atoms with Crippen LogP contribution in [0.1, 0.15) is 231 Å². The Morgan fingerprint density at radius 3 is 1.29 bits per heavy atom. The van der Waals surface area contributed by atoms with E-state index >= 15 is 0 Å². The van der Waals surface area contributed by atoms with Crippen molar-refractivity contribution in [3.8, 4) is 0 Å². The summed E-state index contributed by atoms with van der Waals surface area (Å²) in [6.07, 6.45) is 22.3. The molecular formula is C61H117FO6. The third kappa shape index (κ3) is 35.1.